The summed E-state index contributed by atoms with van der Waals surface area (Å²) in [6.45, 7) is 0.175. The van der Waals surface area contributed by atoms with Crippen molar-refractivity contribution in [3.05, 3.63) is 143 Å². The van der Waals surface area contributed by atoms with Crippen LogP contribution in [0.15, 0.2) is 125 Å². The Morgan fingerprint density at radius 1 is 0.940 bits per heavy atom. The average molecular weight is 706 g/mol. The first kappa shape index (κ1) is 34.2. The van der Waals surface area contributed by atoms with Crippen LogP contribution in [0.4, 0.5) is 23.7 Å². The van der Waals surface area contributed by atoms with Gasteiger partial charge in [0.2, 0.25) is 5.91 Å². The number of imide groups is 1. The summed E-state index contributed by atoms with van der Waals surface area (Å²) in [7, 11) is -4.15. The fourth-order valence-electron chi connectivity index (χ4n) is 5.60. The molecule has 0 spiro atoms. The van der Waals surface area contributed by atoms with Crippen LogP contribution in [-0.2, 0) is 38.8 Å². The Morgan fingerprint density at radius 3 is 2.34 bits per heavy atom. The summed E-state index contributed by atoms with van der Waals surface area (Å²) in [4.78, 5) is 27.0. The number of rotatable bonds is 12. The van der Waals surface area contributed by atoms with Gasteiger partial charge in [-0.3, -0.25) is 9.52 Å². The smallest absolute Gasteiger partial charge is 0.416 e. The van der Waals surface area contributed by atoms with E-state index in [0.29, 0.717) is 35.6 Å². The Bertz CT molecular complexity index is 2040. The third-order valence-corrected chi connectivity index (χ3v) is 9.49. The Kier molecular flexibility index (Phi) is 9.90. The van der Waals surface area contributed by atoms with Crippen LogP contribution >= 0.6 is 0 Å². The van der Waals surface area contributed by atoms with Gasteiger partial charge in [-0.05, 0) is 71.6 Å². The van der Waals surface area contributed by atoms with Gasteiger partial charge in [0, 0.05) is 24.1 Å². The lowest BCUT2D eigenvalue weighted by molar-refractivity contribution is -0.137. The number of anilines is 1. The first-order valence-electron chi connectivity index (χ1n) is 15.4. The van der Waals surface area contributed by atoms with Crippen LogP contribution in [0.25, 0.3) is 0 Å². The number of aromatic nitrogens is 1. The normalized spacial score (nSPS) is 15.4. The van der Waals surface area contributed by atoms with E-state index in [9.17, 15) is 31.2 Å². The number of hydrogen-bond acceptors (Lipinski definition) is 8. The molecule has 0 radical (unpaired) electrons. The molecular weight excluding hydrogens is 675 g/mol. The second-order valence-electron chi connectivity index (χ2n) is 11.6. The first-order chi connectivity index (χ1) is 24.0. The molecule has 10 nitrogen and oxygen atoms in total. The second kappa shape index (κ2) is 14.5. The van der Waals surface area contributed by atoms with Crippen LogP contribution in [0.3, 0.4) is 0 Å². The van der Waals surface area contributed by atoms with Crippen molar-refractivity contribution in [3.63, 3.8) is 0 Å². The third kappa shape index (κ3) is 8.14. The predicted octanol–water partition coefficient (Wildman–Crippen LogP) is 7.19. The first-order valence-corrected chi connectivity index (χ1v) is 16.9. The molecule has 1 fully saturated rings. The van der Waals surface area contributed by atoms with Crippen LogP contribution < -0.4 is 9.46 Å². The van der Waals surface area contributed by atoms with Gasteiger partial charge in [-0.1, -0.05) is 59.8 Å². The molecule has 1 aromatic heterocycles. The minimum Gasteiger partial charge on any atom is -0.489 e. The van der Waals surface area contributed by atoms with E-state index in [-0.39, 0.29) is 30.2 Å². The Hall–Kier alpha value is -5.63. The molecule has 1 N–H and O–H groups in total. The maximum Gasteiger partial charge on any atom is 0.416 e. The highest BCUT2D eigenvalue weighted by molar-refractivity contribution is 7.92. The minimum atomic E-state index is -4.58. The standard InChI is InChI=1S/C36H30F3N3O7S/c37-36(38,39)27-11-15-31(16-12-27)50(45,46)41-28-8-4-7-25(19-28)22-47-30-13-9-26(10-14-30)32(33-17-18-49-40-33)21-34(43)42-29(23-48-35(42)44)20-24-5-2-1-3-6-24/h1-19,29,32,41H,20-23H2. The lowest BCUT2D eigenvalue weighted by atomic mass is 9.91. The number of cyclic esters (lactones) is 1. The number of alkyl halides is 3. The van der Waals surface area contributed by atoms with Crippen molar-refractivity contribution < 1.29 is 45.2 Å². The van der Waals surface area contributed by atoms with E-state index in [0.717, 1.165) is 23.3 Å². The molecule has 2 heterocycles. The van der Waals surface area contributed by atoms with Crippen molar-refractivity contribution in [1.29, 1.82) is 0 Å². The van der Waals surface area contributed by atoms with Gasteiger partial charge in [-0.15, -0.1) is 0 Å². The molecule has 5 aromatic rings. The van der Waals surface area contributed by atoms with Gasteiger partial charge in [0.15, 0.2) is 0 Å². The van der Waals surface area contributed by atoms with Crippen molar-refractivity contribution in [3.8, 4) is 5.75 Å². The van der Waals surface area contributed by atoms with E-state index in [2.05, 4.69) is 9.88 Å². The number of nitrogens with one attached hydrogen (secondary N) is 1. The number of halogens is 3. The summed E-state index contributed by atoms with van der Waals surface area (Å²) in [6, 6.07) is 27.4. The molecule has 14 heteroatoms. The third-order valence-electron chi connectivity index (χ3n) is 8.10. The number of hydrogen-bond donors (Lipinski definition) is 1. The van der Waals surface area contributed by atoms with Crippen molar-refractivity contribution in [2.45, 2.75) is 42.5 Å². The van der Waals surface area contributed by atoms with Gasteiger partial charge in [-0.2, -0.15) is 13.2 Å². The second-order valence-corrected chi connectivity index (χ2v) is 13.2. The van der Waals surface area contributed by atoms with Crippen molar-refractivity contribution in [2.75, 3.05) is 11.3 Å². The minimum absolute atomic E-state index is 0.0672. The van der Waals surface area contributed by atoms with Crippen LogP contribution in [0.5, 0.6) is 5.75 Å². The van der Waals surface area contributed by atoms with Crippen LogP contribution in [0, 0.1) is 0 Å². The average Bonchev–Trinajstić information content (AvgIpc) is 3.77. The zero-order valence-electron chi connectivity index (χ0n) is 26.2. The molecule has 6 rings (SSSR count). The number of amides is 2. The number of nitrogens with zero attached hydrogens (tertiary/aromatic N) is 2. The summed E-state index contributed by atoms with van der Waals surface area (Å²) < 4.78 is 82.8. The molecule has 0 bridgehead atoms. The fraction of sp³-hybridized carbons (Fsp3) is 0.194. The summed E-state index contributed by atoms with van der Waals surface area (Å²) in [6.07, 6.45) is -3.46. The molecule has 258 valence electrons. The lowest BCUT2D eigenvalue weighted by Gasteiger charge is -2.22. The van der Waals surface area contributed by atoms with E-state index in [1.54, 1.807) is 48.5 Å². The zero-order chi connectivity index (χ0) is 35.3. The van der Waals surface area contributed by atoms with Crippen molar-refractivity contribution in [2.24, 2.45) is 0 Å². The quantitative estimate of drug-likeness (QED) is 0.145. The highest BCUT2D eigenvalue weighted by Crippen LogP contribution is 2.32. The van der Waals surface area contributed by atoms with Crippen LogP contribution in [0.2, 0.25) is 0 Å². The number of benzene rings is 4. The van der Waals surface area contributed by atoms with Crippen molar-refractivity contribution >= 4 is 27.7 Å². The van der Waals surface area contributed by atoms with E-state index in [4.69, 9.17) is 14.0 Å². The molecule has 50 heavy (non-hydrogen) atoms. The molecule has 2 amide bonds. The van der Waals surface area contributed by atoms with Gasteiger partial charge >= 0.3 is 12.3 Å². The van der Waals surface area contributed by atoms with Crippen LogP contribution in [-0.4, -0.2) is 43.1 Å². The number of carbonyl (C=O) groups excluding carboxylic acids is 2. The summed E-state index contributed by atoms with van der Waals surface area (Å²) >= 11 is 0. The number of sulfonamides is 1. The molecule has 2 atom stereocenters. The van der Waals surface area contributed by atoms with E-state index >= 15 is 0 Å². The summed E-state index contributed by atoms with van der Waals surface area (Å²) in [5.41, 5.74) is 2.08. The molecular formula is C36H30F3N3O7S. The lowest BCUT2D eigenvalue weighted by Crippen LogP contribution is -2.40. The van der Waals surface area contributed by atoms with Gasteiger partial charge in [0.25, 0.3) is 10.0 Å². The Labute approximate surface area is 285 Å². The molecule has 1 saturated heterocycles. The van der Waals surface area contributed by atoms with Crippen LogP contribution in [0.1, 0.15) is 40.3 Å². The molecule has 0 aliphatic carbocycles. The molecule has 4 aromatic carbocycles. The number of carbonyl (C=O) groups is 2. The largest absolute Gasteiger partial charge is 0.489 e. The Balaban J connectivity index is 1.10. The van der Waals surface area contributed by atoms with E-state index < -0.39 is 45.7 Å². The van der Waals surface area contributed by atoms with Gasteiger partial charge in [-0.25, -0.2) is 18.1 Å². The van der Waals surface area contributed by atoms with Gasteiger partial charge in [0.05, 0.1) is 22.2 Å². The van der Waals surface area contributed by atoms with E-state index in [1.807, 2.05) is 30.3 Å². The van der Waals surface area contributed by atoms with Crippen molar-refractivity contribution in [1.82, 2.24) is 10.1 Å². The maximum atomic E-state index is 13.6. The van der Waals surface area contributed by atoms with Gasteiger partial charge < -0.3 is 14.0 Å². The summed E-state index contributed by atoms with van der Waals surface area (Å²) in [5, 5.41) is 4.06. The summed E-state index contributed by atoms with van der Waals surface area (Å²) in [5.74, 6) is -0.452. The van der Waals surface area contributed by atoms with E-state index in [1.165, 1.54) is 17.2 Å². The predicted molar refractivity (Wildman–Crippen MR) is 175 cm³/mol. The maximum absolute atomic E-state index is 13.6. The van der Waals surface area contributed by atoms with Gasteiger partial charge in [0.1, 0.15) is 25.2 Å². The monoisotopic (exact) mass is 705 g/mol. The fourth-order valence-corrected chi connectivity index (χ4v) is 6.64. The highest BCUT2D eigenvalue weighted by Gasteiger charge is 2.39. The molecule has 1 aliphatic rings. The molecule has 1 aliphatic heterocycles. The number of ether oxygens (including phenoxy) is 2. The topological polar surface area (TPSA) is 128 Å². The zero-order valence-corrected chi connectivity index (χ0v) is 27.1. The molecule has 0 saturated carbocycles. The SMILES string of the molecule is O=C(CC(c1ccc(OCc2cccc(NS(=O)(=O)c3ccc(C(F)(F)F)cc3)c2)cc1)c1ccon1)N1C(=O)OCC1Cc1ccccc1. The molecule has 2 unspecified atom stereocenters. The highest BCUT2D eigenvalue weighted by atomic mass is 32.2. The Morgan fingerprint density at radius 2 is 1.66 bits per heavy atom.